The van der Waals surface area contributed by atoms with Crippen molar-refractivity contribution in [1.82, 2.24) is 5.32 Å². The monoisotopic (exact) mass is 279 g/mol. The Morgan fingerprint density at radius 2 is 2.00 bits per heavy atom. The fraction of sp³-hybridized carbons (Fsp3) is 0.533. The van der Waals surface area contributed by atoms with Crippen LogP contribution in [0.2, 0.25) is 0 Å². The minimum absolute atomic E-state index is 0.152. The number of carbonyl (C=O) groups excluding carboxylic acids is 1. The Morgan fingerprint density at radius 3 is 2.74 bits per heavy atom. The van der Waals surface area contributed by atoms with Crippen molar-refractivity contribution in [2.45, 2.75) is 43.1 Å². The van der Waals surface area contributed by atoms with Crippen molar-refractivity contribution in [2.24, 2.45) is 0 Å². The van der Waals surface area contributed by atoms with Gasteiger partial charge in [-0.15, -0.1) is 11.8 Å². The van der Waals surface area contributed by atoms with Gasteiger partial charge >= 0.3 is 6.09 Å². The molecule has 19 heavy (non-hydrogen) atoms. The van der Waals surface area contributed by atoms with Gasteiger partial charge in [0, 0.05) is 11.4 Å². The van der Waals surface area contributed by atoms with Crippen LogP contribution in [-0.2, 0) is 4.74 Å². The summed E-state index contributed by atoms with van der Waals surface area (Å²) in [4.78, 5) is 12.8. The highest BCUT2D eigenvalue weighted by atomic mass is 32.2. The summed E-state index contributed by atoms with van der Waals surface area (Å²) >= 11 is 1.81. The zero-order chi connectivity index (χ0) is 13.3. The summed E-state index contributed by atoms with van der Waals surface area (Å²) in [5, 5.41) is 2.82. The average molecular weight is 279 g/mol. The van der Waals surface area contributed by atoms with E-state index in [0.29, 0.717) is 6.54 Å². The maximum Gasteiger partial charge on any atom is 0.407 e. The Morgan fingerprint density at radius 1 is 1.26 bits per heavy atom. The molecule has 1 aliphatic carbocycles. The molecule has 0 heterocycles. The molecule has 0 spiro atoms. The summed E-state index contributed by atoms with van der Waals surface area (Å²) in [6.07, 6.45) is 5.28. The minimum atomic E-state index is -0.253. The predicted octanol–water partition coefficient (Wildman–Crippen LogP) is 3.84. The van der Waals surface area contributed by atoms with E-state index >= 15 is 0 Å². The standard InChI is InChI=1S/C15H21NO2S/c17-15(18-13-7-4-5-8-13)16-11-6-12-19-14-9-2-1-3-10-14/h1-3,9-10,13H,4-8,11-12H2,(H,16,17). The Kier molecular flexibility index (Phi) is 6.08. The summed E-state index contributed by atoms with van der Waals surface area (Å²) in [6.45, 7) is 0.686. The minimum Gasteiger partial charge on any atom is -0.446 e. The van der Waals surface area contributed by atoms with Gasteiger partial charge in [-0.2, -0.15) is 0 Å². The zero-order valence-electron chi connectivity index (χ0n) is 11.1. The molecule has 2 rings (SSSR count). The lowest BCUT2D eigenvalue weighted by atomic mass is 10.3. The number of ether oxygens (including phenoxy) is 1. The van der Waals surface area contributed by atoms with Crippen LogP contribution in [0, 0.1) is 0 Å². The van der Waals surface area contributed by atoms with Crippen LogP contribution in [0.3, 0.4) is 0 Å². The molecule has 1 N–H and O–H groups in total. The molecule has 0 unspecified atom stereocenters. The van der Waals surface area contributed by atoms with Gasteiger partial charge in [0.2, 0.25) is 0 Å². The maximum absolute atomic E-state index is 11.5. The van der Waals surface area contributed by atoms with Crippen LogP contribution in [0.5, 0.6) is 0 Å². The van der Waals surface area contributed by atoms with E-state index in [0.717, 1.165) is 25.0 Å². The van der Waals surface area contributed by atoms with Crippen LogP contribution in [0.4, 0.5) is 4.79 Å². The molecule has 1 aromatic rings. The van der Waals surface area contributed by atoms with Crippen LogP contribution in [-0.4, -0.2) is 24.5 Å². The Balaban J connectivity index is 1.50. The third-order valence-electron chi connectivity index (χ3n) is 3.18. The SMILES string of the molecule is O=C(NCCCSc1ccccc1)OC1CCCC1. The van der Waals surface area contributed by atoms with E-state index in [4.69, 9.17) is 4.74 Å². The first-order valence-electron chi connectivity index (χ1n) is 6.97. The smallest absolute Gasteiger partial charge is 0.407 e. The van der Waals surface area contributed by atoms with E-state index in [-0.39, 0.29) is 12.2 Å². The summed E-state index contributed by atoms with van der Waals surface area (Å²) in [5.41, 5.74) is 0. The van der Waals surface area contributed by atoms with Crippen molar-refractivity contribution in [2.75, 3.05) is 12.3 Å². The summed E-state index contributed by atoms with van der Waals surface area (Å²) < 4.78 is 5.32. The molecule has 1 saturated carbocycles. The molecule has 3 nitrogen and oxygen atoms in total. The molecular formula is C15H21NO2S. The molecule has 0 bridgehead atoms. The van der Waals surface area contributed by atoms with Crippen LogP contribution in [0.1, 0.15) is 32.1 Å². The van der Waals surface area contributed by atoms with Crippen LogP contribution >= 0.6 is 11.8 Å². The third kappa shape index (κ3) is 5.55. The van der Waals surface area contributed by atoms with Crippen LogP contribution in [0.25, 0.3) is 0 Å². The maximum atomic E-state index is 11.5. The van der Waals surface area contributed by atoms with Crippen molar-refractivity contribution >= 4 is 17.9 Å². The number of nitrogens with one attached hydrogen (secondary N) is 1. The fourth-order valence-corrected chi connectivity index (χ4v) is 3.04. The molecule has 1 aromatic carbocycles. The highest BCUT2D eigenvalue weighted by Crippen LogP contribution is 2.21. The van der Waals surface area contributed by atoms with Crippen molar-refractivity contribution in [3.8, 4) is 0 Å². The second kappa shape index (κ2) is 8.10. The van der Waals surface area contributed by atoms with Gasteiger partial charge in [0.1, 0.15) is 6.10 Å². The molecular weight excluding hydrogens is 258 g/mol. The first-order valence-corrected chi connectivity index (χ1v) is 7.95. The summed E-state index contributed by atoms with van der Waals surface area (Å²) in [5.74, 6) is 1.01. The van der Waals surface area contributed by atoms with Gasteiger partial charge in [0.05, 0.1) is 0 Å². The quantitative estimate of drug-likeness (QED) is 0.635. The lowest BCUT2D eigenvalue weighted by molar-refractivity contribution is 0.101. The number of hydrogen-bond donors (Lipinski definition) is 1. The number of rotatable bonds is 6. The van der Waals surface area contributed by atoms with Crippen molar-refractivity contribution in [3.63, 3.8) is 0 Å². The van der Waals surface area contributed by atoms with Gasteiger partial charge in [0.25, 0.3) is 0 Å². The second-order valence-electron chi connectivity index (χ2n) is 4.75. The topological polar surface area (TPSA) is 38.3 Å². The molecule has 0 atom stereocenters. The van der Waals surface area contributed by atoms with E-state index in [9.17, 15) is 4.79 Å². The molecule has 0 aromatic heterocycles. The number of hydrogen-bond acceptors (Lipinski definition) is 3. The van der Waals surface area contributed by atoms with Crippen LogP contribution < -0.4 is 5.32 Å². The average Bonchev–Trinajstić information content (AvgIpc) is 2.92. The Bertz CT molecular complexity index is 377. The van der Waals surface area contributed by atoms with E-state index in [1.165, 1.54) is 17.7 Å². The first kappa shape index (κ1) is 14.3. The highest BCUT2D eigenvalue weighted by molar-refractivity contribution is 7.99. The van der Waals surface area contributed by atoms with Crippen molar-refractivity contribution in [1.29, 1.82) is 0 Å². The first-order chi connectivity index (χ1) is 9.34. The molecule has 1 amide bonds. The lowest BCUT2D eigenvalue weighted by Crippen LogP contribution is -2.28. The summed E-state index contributed by atoms with van der Waals surface area (Å²) in [6, 6.07) is 10.3. The second-order valence-corrected chi connectivity index (χ2v) is 5.92. The zero-order valence-corrected chi connectivity index (χ0v) is 12.0. The molecule has 0 aliphatic heterocycles. The number of benzene rings is 1. The van der Waals surface area contributed by atoms with E-state index in [2.05, 4.69) is 17.4 Å². The van der Waals surface area contributed by atoms with Gasteiger partial charge in [-0.3, -0.25) is 0 Å². The third-order valence-corrected chi connectivity index (χ3v) is 4.28. The normalized spacial score (nSPS) is 15.4. The fourth-order valence-electron chi connectivity index (χ4n) is 2.17. The molecule has 1 fully saturated rings. The molecule has 0 radical (unpaired) electrons. The lowest BCUT2D eigenvalue weighted by Gasteiger charge is -2.12. The van der Waals surface area contributed by atoms with Crippen LogP contribution in [0.15, 0.2) is 35.2 Å². The largest absolute Gasteiger partial charge is 0.446 e. The molecule has 0 saturated heterocycles. The van der Waals surface area contributed by atoms with Crippen molar-refractivity contribution < 1.29 is 9.53 Å². The highest BCUT2D eigenvalue weighted by Gasteiger charge is 2.18. The van der Waals surface area contributed by atoms with E-state index in [1.807, 2.05) is 30.0 Å². The Hall–Kier alpha value is -1.16. The molecule has 1 aliphatic rings. The predicted molar refractivity (Wildman–Crippen MR) is 78.5 cm³/mol. The number of amides is 1. The Labute approximate surface area is 119 Å². The molecule has 104 valence electrons. The number of thioether (sulfide) groups is 1. The number of carbonyl (C=O) groups is 1. The van der Waals surface area contributed by atoms with Gasteiger partial charge in [-0.05, 0) is 50.0 Å². The van der Waals surface area contributed by atoms with Crippen molar-refractivity contribution in [3.05, 3.63) is 30.3 Å². The van der Waals surface area contributed by atoms with Gasteiger partial charge in [-0.1, -0.05) is 18.2 Å². The number of alkyl carbamates (subject to hydrolysis) is 1. The van der Waals surface area contributed by atoms with Gasteiger partial charge in [0.15, 0.2) is 0 Å². The summed E-state index contributed by atoms with van der Waals surface area (Å²) in [7, 11) is 0. The van der Waals surface area contributed by atoms with Gasteiger partial charge in [-0.25, -0.2) is 4.79 Å². The molecule has 4 heteroatoms. The van der Waals surface area contributed by atoms with E-state index < -0.39 is 0 Å². The van der Waals surface area contributed by atoms with E-state index in [1.54, 1.807) is 0 Å². The van der Waals surface area contributed by atoms with Gasteiger partial charge < -0.3 is 10.1 Å².